The first kappa shape index (κ1) is 24.5. The highest BCUT2D eigenvalue weighted by atomic mass is 19.4. The van der Waals surface area contributed by atoms with E-state index in [9.17, 15) is 18.0 Å². The van der Waals surface area contributed by atoms with Crippen molar-refractivity contribution in [2.24, 2.45) is 11.3 Å². The molecule has 5 rings (SSSR count). The molecule has 0 saturated heterocycles. The minimum absolute atomic E-state index is 0.179. The molecule has 2 saturated carbocycles. The fourth-order valence-electron chi connectivity index (χ4n) is 5.97. The van der Waals surface area contributed by atoms with Crippen molar-refractivity contribution in [3.63, 3.8) is 0 Å². The van der Waals surface area contributed by atoms with Gasteiger partial charge < -0.3 is 19.9 Å². The highest BCUT2D eigenvalue weighted by Gasteiger charge is 2.44. The number of rotatable bonds is 7. The van der Waals surface area contributed by atoms with Crippen LogP contribution in [0.25, 0.3) is 11.0 Å². The van der Waals surface area contributed by atoms with E-state index in [-0.39, 0.29) is 22.7 Å². The van der Waals surface area contributed by atoms with Gasteiger partial charge in [-0.05, 0) is 85.4 Å². The number of carbonyl (C=O) groups is 1. The molecular weight excluding hydrogens is 469 g/mol. The van der Waals surface area contributed by atoms with Gasteiger partial charge in [-0.3, -0.25) is 4.79 Å². The van der Waals surface area contributed by atoms with Gasteiger partial charge in [0, 0.05) is 11.7 Å². The third-order valence-electron chi connectivity index (χ3n) is 7.40. The van der Waals surface area contributed by atoms with E-state index >= 15 is 0 Å². The maximum atomic E-state index is 12.6. The number of amides is 1. The monoisotopic (exact) mass is 500 g/mol. The van der Waals surface area contributed by atoms with Gasteiger partial charge in [0.2, 0.25) is 12.4 Å². The minimum Gasteiger partial charge on any atom is -0.406 e. The second kappa shape index (κ2) is 8.71. The lowest BCUT2D eigenvalue weighted by Gasteiger charge is -2.40. The lowest BCUT2D eigenvalue weighted by molar-refractivity contribution is -0.274. The van der Waals surface area contributed by atoms with Crippen molar-refractivity contribution in [2.45, 2.75) is 70.8 Å². The number of hydrogen-bond acceptors (Lipinski definition) is 4. The molecule has 3 aromatic rings. The van der Waals surface area contributed by atoms with Crippen LogP contribution in [0, 0.1) is 11.3 Å². The Balaban J connectivity index is 1.53. The van der Waals surface area contributed by atoms with Gasteiger partial charge in [-0.1, -0.05) is 26.8 Å². The normalized spacial score (nSPS) is 22.7. The van der Waals surface area contributed by atoms with Crippen LogP contribution in [-0.2, 0) is 10.3 Å². The summed E-state index contributed by atoms with van der Waals surface area (Å²) < 4.78 is 43.9. The van der Waals surface area contributed by atoms with E-state index < -0.39 is 6.36 Å². The summed E-state index contributed by atoms with van der Waals surface area (Å²) in [6.45, 7) is 6.86. The number of imidazole rings is 1. The highest BCUT2D eigenvalue weighted by molar-refractivity contribution is 5.81. The van der Waals surface area contributed by atoms with Crippen LogP contribution < -0.4 is 15.4 Å². The number of fused-ring (bicyclic) bond motifs is 1. The van der Waals surface area contributed by atoms with Crippen molar-refractivity contribution in [1.29, 1.82) is 0 Å². The summed E-state index contributed by atoms with van der Waals surface area (Å²) in [4.78, 5) is 16.1. The Kier molecular flexibility index (Phi) is 5.92. The number of nitrogens with one attached hydrogen (secondary N) is 2. The predicted octanol–water partition coefficient (Wildman–Crippen LogP) is 6.80. The van der Waals surface area contributed by atoms with Gasteiger partial charge in [0.25, 0.3) is 0 Å². The summed E-state index contributed by atoms with van der Waals surface area (Å²) in [5.74, 6) is 0.926. The van der Waals surface area contributed by atoms with E-state index in [1.807, 2.05) is 6.07 Å². The molecular formula is C27H31F3N4O2. The minimum atomic E-state index is -4.73. The fraction of sp³-hybridized carbons (Fsp3) is 0.481. The average molecular weight is 501 g/mol. The van der Waals surface area contributed by atoms with Gasteiger partial charge in [0.05, 0.1) is 16.6 Å². The van der Waals surface area contributed by atoms with Crippen molar-refractivity contribution in [3.8, 4) is 5.75 Å². The van der Waals surface area contributed by atoms with Crippen LogP contribution in [-0.4, -0.2) is 22.3 Å². The molecule has 2 atom stereocenters. The number of alkyl halides is 3. The number of ether oxygens (including phenoxy) is 1. The lowest BCUT2D eigenvalue weighted by atomic mass is 9.70. The molecule has 2 aromatic carbocycles. The third-order valence-corrected chi connectivity index (χ3v) is 7.40. The molecule has 1 heterocycles. The molecule has 1 amide bonds. The lowest BCUT2D eigenvalue weighted by Crippen LogP contribution is -2.30. The van der Waals surface area contributed by atoms with Crippen molar-refractivity contribution in [2.75, 3.05) is 5.32 Å². The molecule has 9 heteroatoms. The smallest absolute Gasteiger partial charge is 0.406 e. The fourth-order valence-corrected chi connectivity index (χ4v) is 5.97. The molecule has 0 radical (unpaired) electrons. The van der Waals surface area contributed by atoms with Crippen LogP contribution in [0.5, 0.6) is 5.75 Å². The number of carbonyl (C=O) groups excluding carboxylic acids is 1. The van der Waals surface area contributed by atoms with Crippen molar-refractivity contribution >= 4 is 29.1 Å². The summed E-state index contributed by atoms with van der Waals surface area (Å²) >= 11 is 0. The Hall–Kier alpha value is -3.23. The molecule has 2 aliphatic rings. The molecule has 0 bridgehead atoms. The van der Waals surface area contributed by atoms with E-state index in [1.165, 1.54) is 12.1 Å². The van der Waals surface area contributed by atoms with Crippen molar-refractivity contribution in [3.05, 3.63) is 48.0 Å². The summed E-state index contributed by atoms with van der Waals surface area (Å²) in [5, 5.41) is 6.29. The topological polar surface area (TPSA) is 68.2 Å². The van der Waals surface area contributed by atoms with E-state index in [4.69, 9.17) is 4.98 Å². The molecule has 1 aromatic heterocycles. The van der Waals surface area contributed by atoms with Crippen molar-refractivity contribution < 1.29 is 22.7 Å². The quantitative estimate of drug-likeness (QED) is 0.350. The zero-order chi connectivity index (χ0) is 25.7. The second-order valence-corrected chi connectivity index (χ2v) is 11.1. The predicted molar refractivity (Wildman–Crippen MR) is 132 cm³/mol. The van der Waals surface area contributed by atoms with Crippen LogP contribution in [0.1, 0.15) is 64.5 Å². The number of benzene rings is 2. The molecule has 36 heavy (non-hydrogen) atoms. The summed E-state index contributed by atoms with van der Waals surface area (Å²) in [6, 6.07) is 12.1. The molecule has 0 unspecified atom stereocenters. The number of hydrogen-bond donors (Lipinski definition) is 2. The number of nitrogens with zero attached hydrogens (tertiary/aromatic N) is 2. The maximum absolute atomic E-state index is 12.6. The zero-order valence-electron chi connectivity index (χ0n) is 20.7. The molecule has 2 fully saturated rings. The van der Waals surface area contributed by atoms with Crippen LogP contribution in [0.3, 0.4) is 0 Å². The Labute approximate surface area is 208 Å². The molecule has 192 valence electrons. The van der Waals surface area contributed by atoms with Gasteiger partial charge in [-0.2, -0.15) is 0 Å². The molecule has 6 nitrogen and oxygen atoms in total. The first-order valence-corrected chi connectivity index (χ1v) is 12.3. The van der Waals surface area contributed by atoms with Crippen LogP contribution >= 0.6 is 0 Å². The Morgan fingerprint density at radius 1 is 1.11 bits per heavy atom. The molecule has 2 N–H and O–H groups in total. The van der Waals surface area contributed by atoms with Gasteiger partial charge in [-0.25, -0.2) is 4.98 Å². The number of anilines is 2. The van der Waals surface area contributed by atoms with Crippen LogP contribution in [0.15, 0.2) is 42.5 Å². The Morgan fingerprint density at radius 3 is 2.44 bits per heavy atom. The summed E-state index contributed by atoms with van der Waals surface area (Å²) in [6.07, 6.45) is 0.967. The number of halogens is 3. The largest absolute Gasteiger partial charge is 0.573 e. The summed E-state index contributed by atoms with van der Waals surface area (Å²) in [7, 11) is 0. The van der Waals surface area contributed by atoms with E-state index in [1.54, 1.807) is 12.1 Å². The van der Waals surface area contributed by atoms with Gasteiger partial charge in [0.1, 0.15) is 5.75 Å². The highest BCUT2D eigenvalue weighted by Crippen LogP contribution is 2.48. The summed E-state index contributed by atoms with van der Waals surface area (Å²) in [5.41, 5.74) is 3.33. The van der Waals surface area contributed by atoms with Crippen LogP contribution in [0.2, 0.25) is 0 Å². The second-order valence-electron chi connectivity index (χ2n) is 11.1. The molecule has 0 aliphatic heterocycles. The Morgan fingerprint density at radius 2 is 1.83 bits per heavy atom. The van der Waals surface area contributed by atoms with E-state index in [0.717, 1.165) is 55.1 Å². The van der Waals surface area contributed by atoms with Gasteiger partial charge in [0.15, 0.2) is 0 Å². The zero-order valence-corrected chi connectivity index (χ0v) is 20.7. The standard InChI is InChI=1S/C27H31F3N4O2/c1-17-12-20(15-25(2,3)14-17)34-23-9-4-18(26(10-11-26)31-16-35)13-22(23)33-24(34)32-19-5-7-21(8-6-19)36-27(28,29)30/h4-9,13,16-17,20H,10-12,14-15H2,1-3H3,(H,31,35)(H,32,33)/t17-,20+/m0/s1. The van der Waals surface area contributed by atoms with Gasteiger partial charge in [-0.15, -0.1) is 13.2 Å². The SMILES string of the molecule is C[C@H]1C[C@@H](n2c(Nc3ccc(OC(F)(F)F)cc3)nc3cc(C4(NC=O)CC4)ccc32)CC(C)(C)C1. The van der Waals surface area contributed by atoms with E-state index in [0.29, 0.717) is 17.6 Å². The molecule has 0 spiro atoms. The van der Waals surface area contributed by atoms with Crippen LogP contribution in [0.4, 0.5) is 24.8 Å². The number of aromatic nitrogens is 2. The average Bonchev–Trinajstić information content (AvgIpc) is 3.46. The molecule has 2 aliphatic carbocycles. The third kappa shape index (κ3) is 5.01. The van der Waals surface area contributed by atoms with Gasteiger partial charge >= 0.3 is 6.36 Å². The first-order chi connectivity index (χ1) is 17.0. The maximum Gasteiger partial charge on any atom is 0.573 e. The Bertz CT molecular complexity index is 1260. The van der Waals surface area contributed by atoms with Crippen molar-refractivity contribution in [1.82, 2.24) is 14.9 Å². The van der Waals surface area contributed by atoms with E-state index in [2.05, 4.69) is 52.8 Å². The first-order valence-electron chi connectivity index (χ1n) is 12.3.